The maximum Gasteiger partial charge on any atom is 0.0417 e. The van der Waals surface area contributed by atoms with E-state index in [2.05, 4.69) is 28.9 Å². The highest BCUT2D eigenvalue weighted by molar-refractivity contribution is 9.09. The number of rotatable bonds is 5. The van der Waals surface area contributed by atoms with Gasteiger partial charge < -0.3 is 0 Å². The third-order valence-corrected chi connectivity index (χ3v) is 4.45. The highest BCUT2D eigenvalue weighted by Gasteiger charge is 2.04. The minimum atomic E-state index is 0.749. The van der Waals surface area contributed by atoms with Crippen molar-refractivity contribution in [1.82, 2.24) is 0 Å². The normalized spacial score (nSPS) is 12.8. The molecule has 1 aromatic rings. The summed E-state index contributed by atoms with van der Waals surface area (Å²) in [5.74, 6) is 1.90. The van der Waals surface area contributed by atoms with Gasteiger partial charge >= 0.3 is 0 Å². The molecule has 0 radical (unpaired) electrons. The van der Waals surface area contributed by atoms with Crippen LogP contribution in [-0.4, -0.2) is 11.1 Å². The molecule has 0 aliphatic heterocycles. The molecule has 1 aromatic carbocycles. The molecule has 78 valence electrons. The number of hydrogen-bond donors (Lipinski definition) is 0. The molecule has 1 unspecified atom stereocenters. The summed E-state index contributed by atoms with van der Waals surface area (Å²) in [6.07, 6.45) is 1.22. The first-order valence-corrected chi connectivity index (χ1v) is 7.19. The van der Waals surface area contributed by atoms with E-state index in [9.17, 15) is 0 Å². The lowest BCUT2D eigenvalue weighted by atomic mass is 10.2. The van der Waals surface area contributed by atoms with Crippen molar-refractivity contribution in [2.75, 3.05) is 11.1 Å². The van der Waals surface area contributed by atoms with Gasteiger partial charge in [0, 0.05) is 21.0 Å². The second kappa shape index (κ2) is 6.76. The highest BCUT2D eigenvalue weighted by Crippen LogP contribution is 2.25. The Labute approximate surface area is 104 Å². The molecule has 0 N–H and O–H groups in total. The zero-order valence-electron chi connectivity index (χ0n) is 8.17. The lowest BCUT2D eigenvalue weighted by molar-refractivity contribution is 0.652. The molecule has 0 aliphatic rings. The lowest BCUT2D eigenvalue weighted by Gasteiger charge is -2.10. The van der Waals surface area contributed by atoms with E-state index < -0.39 is 0 Å². The van der Waals surface area contributed by atoms with Gasteiger partial charge in [0.2, 0.25) is 0 Å². The Morgan fingerprint density at radius 2 is 2.29 bits per heavy atom. The molecule has 0 fully saturated rings. The van der Waals surface area contributed by atoms with E-state index in [1.165, 1.54) is 11.3 Å². The molecule has 0 bridgehead atoms. The van der Waals surface area contributed by atoms with E-state index in [1.807, 2.05) is 30.0 Å². The van der Waals surface area contributed by atoms with Gasteiger partial charge in [0.1, 0.15) is 0 Å². The standard InChI is InChI=1S/C11H14BrClS/c1-2-9(7-12)8-14-11-5-3-4-10(13)6-11/h3-6,9H,2,7-8H2,1H3. The van der Waals surface area contributed by atoms with Gasteiger partial charge in [0.15, 0.2) is 0 Å². The predicted octanol–water partition coefficient (Wildman–Crippen LogP) is 4.85. The number of halogens is 2. The smallest absolute Gasteiger partial charge is 0.0417 e. The second-order valence-electron chi connectivity index (χ2n) is 3.20. The van der Waals surface area contributed by atoms with Crippen LogP contribution in [0.1, 0.15) is 13.3 Å². The minimum Gasteiger partial charge on any atom is -0.126 e. The van der Waals surface area contributed by atoms with Gasteiger partial charge in [0.25, 0.3) is 0 Å². The fourth-order valence-electron chi connectivity index (χ4n) is 1.04. The summed E-state index contributed by atoms with van der Waals surface area (Å²) >= 11 is 11.3. The Balaban J connectivity index is 2.44. The van der Waals surface area contributed by atoms with Crippen molar-refractivity contribution in [3.63, 3.8) is 0 Å². The summed E-state index contributed by atoms with van der Waals surface area (Å²) in [6, 6.07) is 8.04. The first-order valence-electron chi connectivity index (χ1n) is 4.70. The van der Waals surface area contributed by atoms with Crippen LogP contribution in [0.5, 0.6) is 0 Å². The van der Waals surface area contributed by atoms with Crippen LogP contribution in [0.15, 0.2) is 29.2 Å². The molecular formula is C11H14BrClS. The molecule has 0 nitrogen and oxygen atoms in total. The van der Waals surface area contributed by atoms with Crippen molar-refractivity contribution in [2.45, 2.75) is 18.2 Å². The van der Waals surface area contributed by atoms with Gasteiger partial charge in [-0.1, -0.05) is 46.9 Å². The highest BCUT2D eigenvalue weighted by atomic mass is 79.9. The molecule has 1 atom stereocenters. The van der Waals surface area contributed by atoms with Crippen molar-refractivity contribution >= 4 is 39.3 Å². The molecule has 0 amide bonds. The molecule has 0 heterocycles. The van der Waals surface area contributed by atoms with Crippen LogP contribution in [0.3, 0.4) is 0 Å². The fourth-order valence-corrected chi connectivity index (χ4v) is 3.45. The van der Waals surface area contributed by atoms with Gasteiger partial charge in [-0.3, -0.25) is 0 Å². The van der Waals surface area contributed by atoms with Crippen LogP contribution in [0.4, 0.5) is 0 Å². The average Bonchev–Trinajstić information content (AvgIpc) is 2.19. The molecule has 0 saturated carbocycles. The Hall–Kier alpha value is 0.340. The first-order chi connectivity index (χ1) is 6.76. The number of thioether (sulfide) groups is 1. The fraction of sp³-hybridized carbons (Fsp3) is 0.455. The second-order valence-corrected chi connectivity index (χ2v) is 5.37. The molecule has 14 heavy (non-hydrogen) atoms. The minimum absolute atomic E-state index is 0.749. The monoisotopic (exact) mass is 292 g/mol. The molecular weight excluding hydrogens is 280 g/mol. The van der Waals surface area contributed by atoms with E-state index >= 15 is 0 Å². The van der Waals surface area contributed by atoms with Gasteiger partial charge in [-0.2, -0.15) is 0 Å². The van der Waals surface area contributed by atoms with Crippen molar-refractivity contribution in [3.8, 4) is 0 Å². The Morgan fingerprint density at radius 1 is 1.50 bits per heavy atom. The van der Waals surface area contributed by atoms with Crippen LogP contribution in [0.2, 0.25) is 5.02 Å². The number of benzene rings is 1. The summed E-state index contributed by atoms with van der Waals surface area (Å²) in [4.78, 5) is 1.26. The van der Waals surface area contributed by atoms with Crippen LogP contribution in [0.25, 0.3) is 0 Å². The Morgan fingerprint density at radius 3 is 2.86 bits per heavy atom. The van der Waals surface area contributed by atoms with E-state index in [0.29, 0.717) is 0 Å². The largest absolute Gasteiger partial charge is 0.126 e. The topological polar surface area (TPSA) is 0 Å². The first kappa shape index (κ1) is 12.4. The van der Waals surface area contributed by atoms with E-state index in [0.717, 1.165) is 22.0 Å². The van der Waals surface area contributed by atoms with Crippen LogP contribution in [0, 0.1) is 5.92 Å². The average molecular weight is 294 g/mol. The maximum atomic E-state index is 5.91. The summed E-state index contributed by atoms with van der Waals surface area (Å²) in [7, 11) is 0. The number of hydrogen-bond acceptors (Lipinski definition) is 1. The van der Waals surface area contributed by atoms with Gasteiger partial charge in [-0.15, -0.1) is 11.8 Å². The van der Waals surface area contributed by atoms with Crippen LogP contribution >= 0.6 is 39.3 Å². The van der Waals surface area contributed by atoms with Crippen LogP contribution < -0.4 is 0 Å². The summed E-state index contributed by atoms with van der Waals surface area (Å²) in [5, 5.41) is 1.90. The molecule has 0 aromatic heterocycles. The molecule has 1 rings (SSSR count). The summed E-state index contributed by atoms with van der Waals surface area (Å²) in [5.41, 5.74) is 0. The van der Waals surface area contributed by atoms with Crippen molar-refractivity contribution < 1.29 is 0 Å². The van der Waals surface area contributed by atoms with Crippen molar-refractivity contribution in [3.05, 3.63) is 29.3 Å². The third-order valence-electron chi connectivity index (χ3n) is 2.08. The van der Waals surface area contributed by atoms with Gasteiger partial charge in [-0.05, 0) is 24.1 Å². The van der Waals surface area contributed by atoms with Gasteiger partial charge in [-0.25, -0.2) is 0 Å². The zero-order chi connectivity index (χ0) is 10.4. The van der Waals surface area contributed by atoms with E-state index in [-0.39, 0.29) is 0 Å². The summed E-state index contributed by atoms with van der Waals surface area (Å²) < 4.78 is 0. The zero-order valence-corrected chi connectivity index (χ0v) is 11.3. The van der Waals surface area contributed by atoms with E-state index in [4.69, 9.17) is 11.6 Å². The maximum absolute atomic E-state index is 5.91. The van der Waals surface area contributed by atoms with Crippen LogP contribution in [-0.2, 0) is 0 Å². The molecule has 0 spiro atoms. The van der Waals surface area contributed by atoms with Crippen molar-refractivity contribution in [1.29, 1.82) is 0 Å². The SMILES string of the molecule is CCC(CBr)CSc1cccc(Cl)c1. The molecule has 0 aliphatic carbocycles. The third kappa shape index (κ3) is 4.24. The predicted molar refractivity (Wildman–Crippen MR) is 69.8 cm³/mol. The van der Waals surface area contributed by atoms with Crippen molar-refractivity contribution in [2.24, 2.45) is 5.92 Å². The molecule has 3 heteroatoms. The summed E-state index contributed by atoms with van der Waals surface area (Å²) in [6.45, 7) is 2.23. The van der Waals surface area contributed by atoms with Gasteiger partial charge in [0.05, 0.1) is 0 Å². The van der Waals surface area contributed by atoms with E-state index in [1.54, 1.807) is 0 Å². The Kier molecular flexibility index (Phi) is 5.99. The molecule has 0 saturated heterocycles. The Bertz CT molecular complexity index is 274. The lowest BCUT2D eigenvalue weighted by Crippen LogP contribution is -2.02. The quantitative estimate of drug-likeness (QED) is 0.552. The number of alkyl halides is 1.